The van der Waals surface area contributed by atoms with Gasteiger partial charge >= 0.3 is 12.3 Å². The number of carbonyl (C=O) groups excluding carboxylic acids is 1. The number of hydrogen-bond donors (Lipinski definition) is 2. The van der Waals surface area contributed by atoms with E-state index in [0.29, 0.717) is 24.6 Å². The molecular weight excluding hydrogens is 397 g/mol. The van der Waals surface area contributed by atoms with Gasteiger partial charge in [0.05, 0.1) is 18.2 Å². The molecule has 0 radical (unpaired) electrons. The van der Waals surface area contributed by atoms with Crippen molar-refractivity contribution in [1.29, 1.82) is 0 Å². The molecule has 1 aliphatic heterocycles. The van der Waals surface area contributed by atoms with Gasteiger partial charge in [-0.3, -0.25) is 4.99 Å². The highest BCUT2D eigenvalue weighted by molar-refractivity contribution is 5.80. The predicted octanol–water partition coefficient (Wildman–Crippen LogP) is 3.23. The first-order valence-electron chi connectivity index (χ1n) is 9.59. The second-order valence-electron chi connectivity index (χ2n) is 7.86. The third-order valence-electron chi connectivity index (χ3n) is 4.18. The fourth-order valence-electron chi connectivity index (χ4n) is 2.92. The summed E-state index contributed by atoms with van der Waals surface area (Å²) in [5, 5.41) is 5.92. The van der Waals surface area contributed by atoms with Gasteiger partial charge < -0.3 is 20.3 Å². The van der Waals surface area contributed by atoms with Gasteiger partial charge in [-0.2, -0.15) is 13.2 Å². The molecule has 9 heteroatoms. The highest BCUT2D eigenvalue weighted by atomic mass is 19.4. The number of benzene rings is 1. The summed E-state index contributed by atoms with van der Waals surface area (Å²) in [6.07, 6.45) is -4.10. The zero-order valence-electron chi connectivity index (χ0n) is 17.6. The number of nitrogens with one attached hydrogen (secondary N) is 2. The summed E-state index contributed by atoms with van der Waals surface area (Å²) >= 11 is 0. The zero-order valence-corrected chi connectivity index (χ0v) is 17.6. The smallest absolute Gasteiger partial charge is 0.416 e. The van der Waals surface area contributed by atoms with E-state index < -0.39 is 23.4 Å². The Hall–Kier alpha value is -2.89. The summed E-state index contributed by atoms with van der Waals surface area (Å²) in [5.74, 6) is 6.15. The monoisotopic (exact) mass is 424 g/mol. The van der Waals surface area contributed by atoms with E-state index in [1.54, 1.807) is 27.8 Å². The first-order chi connectivity index (χ1) is 14.0. The Morgan fingerprint density at radius 1 is 1.33 bits per heavy atom. The molecular formula is C21H27F3N4O2. The molecule has 1 unspecified atom stereocenters. The van der Waals surface area contributed by atoms with Crippen LogP contribution in [0.5, 0.6) is 0 Å². The van der Waals surface area contributed by atoms with Crippen LogP contribution in [0, 0.1) is 11.8 Å². The van der Waals surface area contributed by atoms with Crippen molar-refractivity contribution < 1.29 is 22.7 Å². The summed E-state index contributed by atoms with van der Waals surface area (Å²) in [6, 6.07) is 4.84. The molecule has 1 fully saturated rings. The average Bonchev–Trinajstić information content (AvgIpc) is 3.07. The molecule has 0 aliphatic carbocycles. The number of halogens is 3. The van der Waals surface area contributed by atoms with Gasteiger partial charge in [0.25, 0.3) is 0 Å². The van der Waals surface area contributed by atoms with Crippen LogP contribution in [0.2, 0.25) is 0 Å². The van der Waals surface area contributed by atoms with Gasteiger partial charge in [0.1, 0.15) is 5.60 Å². The van der Waals surface area contributed by atoms with E-state index in [1.165, 1.54) is 12.1 Å². The third kappa shape index (κ3) is 7.50. The van der Waals surface area contributed by atoms with Crippen molar-refractivity contribution in [3.63, 3.8) is 0 Å². The maximum Gasteiger partial charge on any atom is 0.416 e. The minimum atomic E-state index is -4.39. The lowest BCUT2D eigenvalue weighted by atomic mass is 10.1. The standard InChI is InChI=1S/C21H27F3N4O2/c1-20(2,3)30-19(29)27-17-10-12-28(14-17)18(25-4)26-11-6-8-15-7-5-9-16(13-15)21(22,23)24/h5,7,9,13,17H,10-12,14H2,1-4H3,(H,25,26)(H,27,29). The van der Waals surface area contributed by atoms with Gasteiger partial charge in [-0.05, 0) is 45.4 Å². The summed E-state index contributed by atoms with van der Waals surface area (Å²) in [5.41, 5.74) is -0.985. The van der Waals surface area contributed by atoms with Crippen molar-refractivity contribution >= 4 is 12.1 Å². The molecule has 1 atom stereocenters. The number of rotatable bonds is 2. The van der Waals surface area contributed by atoms with Gasteiger partial charge in [-0.25, -0.2) is 4.79 Å². The van der Waals surface area contributed by atoms with Crippen LogP contribution in [-0.4, -0.2) is 55.3 Å². The number of alkyl halides is 3. The number of carbonyl (C=O) groups is 1. The SMILES string of the molecule is CN=C(NCC#Cc1cccc(C(F)(F)F)c1)N1CCC(NC(=O)OC(C)(C)C)C1. The van der Waals surface area contributed by atoms with Crippen LogP contribution < -0.4 is 10.6 Å². The first kappa shape index (κ1) is 23.4. The van der Waals surface area contributed by atoms with Gasteiger partial charge in [-0.15, -0.1) is 0 Å². The Balaban J connectivity index is 1.85. The van der Waals surface area contributed by atoms with Crippen LogP contribution >= 0.6 is 0 Å². The zero-order chi connectivity index (χ0) is 22.4. The molecule has 0 spiro atoms. The van der Waals surface area contributed by atoms with Crippen LogP contribution in [0.3, 0.4) is 0 Å². The number of guanidine groups is 1. The first-order valence-corrected chi connectivity index (χ1v) is 9.59. The average molecular weight is 424 g/mol. The van der Waals surface area contributed by atoms with E-state index >= 15 is 0 Å². The summed E-state index contributed by atoms with van der Waals surface area (Å²) < 4.78 is 43.5. The van der Waals surface area contributed by atoms with E-state index in [4.69, 9.17) is 4.74 Å². The van der Waals surface area contributed by atoms with Gasteiger partial charge in [-0.1, -0.05) is 17.9 Å². The lowest BCUT2D eigenvalue weighted by Crippen LogP contribution is -2.44. The van der Waals surface area contributed by atoms with Crippen molar-refractivity contribution in [2.24, 2.45) is 4.99 Å². The summed E-state index contributed by atoms with van der Waals surface area (Å²) in [4.78, 5) is 18.1. The molecule has 1 heterocycles. The number of nitrogens with zero attached hydrogens (tertiary/aromatic N) is 2. The van der Waals surface area contributed by atoms with E-state index in [0.717, 1.165) is 18.6 Å². The van der Waals surface area contributed by atoms with Crippen LogP contribution in [0.25, 0.3) is 0 Å². The number of ether oxygens (including phenoxy) is 1. The molecule has 6 nitrogen and oxygen atoms in total. The molecule has 1 aromatic carbocycles. The highest BCUT2D eigenvalue weighted by Gasteiger charge is 2.30. The Morgan fingerprint density at radius 3 is 2.70 bits per heavy atom. The predicted molar refractivity (Wildman–Crippen MR) is 109 cm³/mol. The van der Waals surface area contributed by atoms with Crippen LogP contribution in [0.1, 0.15) is 38.3 Å². The normalized spacial score (nSPS) is 17.2. The number of amides is 1. The Morgan fingerprint density at radius 2 is 2.07 bits per heavy atom. The van der Waals surface area contributed by atoms with Gasteiger partial charge in [0.15, 0.2) is 5.96 Å². The number of alkyl carbamates (subject to hydrolysis) is 1. The van der Waals surface area contributed by atoms with Gasteiger partial charge in [0, 0.05) is 25.7 Å². The van der Waals surface area contributed by atoms with Crippen LogP contribution in [0.15, 0.2) is 29.3 Å². The minimum Gasteiger partial charge on any atom is -0.444 e. The maximum atomic E-state index is 12.8. The molecule has 0 bridgehead atoms. The molecule has 1 aromatic rings. The summed E-state index contributed by atoms with van der Waals surface area (Å²) in [7, 11) is 1.64. The third-order valence-corrected chi connectivity index (χ3v) is 4.18. The molecule has 2 N–H and O–H groups in total. The topological polar surface area (TPSA) is 66.0 Å². The largest absolute Gasteiger partial charge is 0.444 e. The summed E-state index contributed by atoms with van der Waals surface area (Å²) in [6.45, 7) is 6.91. The van der Waals surface area contributed by atoms with E-state index in [-0.39, 0.29) is 12.6 Å². The molecule has 0 saturated carbocycles. The maximum absolute atomic E-state index is 12.8. The van der Waals surface area contributed by atoms with Crippen molar-refractivity contribution in [3.05, 3.63) is 35.4 Å². The fourth-order valence-corrected chi connectivity index (χ4v) is 2.92. The second-order valence-corrected chi connectivity index (χ2v) is 7.86. The van der Waals surface area contributed by atoms with Crippen molar-refractivity contribution in [2.45, 2.75) is 45.0 Å². The Labute approximate surface area is 174 Å². The molecule has 1 saturated heterocycles. The highest BCUT2D eigenvalue weighted by Crippen LogP contribution is 2.29. The van der Waals surface area contributed by atoms with Crippen molar-refractivity contribution in [2.75, 3.05) is 26.7 Å². The lowest BCUT2D eigenvalue weighted by molar-refractivity contribution is -0.137. The van der Waals surface area contributed by atoms with E-state index in [2.05, 4.69) is 27.5 Å². The van der Waals surface area contributed by atoms with Gasteiger partial charge in [0.2, 0.25) is 0 Å². The number of aliphatic imine (C=N–C) groups is 1. The van der Waals surface area contributed by atoms with Crippen molar-refractivity contribution in [1.82, 2.24) is 15.5 Å². The quantitative estimate of drug-likeness (QED) is 0.435. The molecule has 2 rings (SSSR count). The van der Waals surface area contributed by atoms with Crippen LogP contribution in [0.4, 0.5) is 18.0 Å². The fraction of sp³-hybridized carbons (Fsp3) is 0.524. The molecule has 164 valence electrons. The Bertz CT molecular complexity index is 835. The van der Waals surface area contributed by atoms with Crippen LogP contribution in [-0.2, 0) is 10.9 Å². The second kappa shape index (κ2) is 9.74. The molecule has 1 amide bonds. The number of hydrogen-bond acceptors (Lipinski definition) is 3. The van der Waals surface area contributed by atoms with E-state index in [1.807, 2.05) is 4.90 Å². The molecule has 1 aliphatic rings. The molecule has 0 aromatic heterocycles. The Kier molecular flexibility index (Phi) is 7.59. The van der Waals surface area contributed by atoms with Crippen molar-refractivity contribution in [3.8, 4) is 11.8 Å². The van der Waals surface area contributed by atoms with E-state index in [9.17, 15) is 18.0 Å². The molecule has 30 heavy (non-hydrogen) atoms. The number of likely N-dealkylation sites (tertiary alicyclic amines) is 1. The minimum absolute atomic E-state index is 0.0606. The lowest BCUT2D eigenvalue weighted by Gasteiger charge is -2.23.